The van der Waals surface area contributed by atoms with E-state index in [1.807, 2.05) is 11.8 Å². The summed E-state index contributed by atoms with van der Waals surface area (Å²) in [6.45, 7) is 10.6. The average Bonchev–Trinajstić information content (AvgIpc) is 3.51. The van der Waals surface area contributed by atoms with E-state index in [1.54, 1.807) is 0 Å². The van der Waals surface area contributed by atoms with Crippen molar-refractivity contribution in [2.45, 2.75) is 153 Å². The molecule has 33 heavy (non-hydrogen) atoms. The second-order valence-electron chi connectivity index (χ2n) is 10.5. The fourth-order valence-corrected chi connectivity index (χ4v) is 6.11. The Bertz CT molecular complexity index is 448. The van der Waals surface area contributed by atoms with E-state index in [0.717, 1.165) is 26.1 Å². The highest BCUT2D eigenvalue weighted by Crippen LogP contribution is 2.30. The van der Waals surface area contributed by atoms with E-state index in [0.29, 0.717) is 12.2 Å². The van der Waals surface area contributed by atoms with Crippen LogP contribution in [0.2, 0.25) is 0 Å². The van der Waals surface area contributed by atoms with Gasteiger partial charge in [0, 0.05) is 13.2 Å². The number of allylic oxidation sites excluding steroid dienone is 2. The maximum absolute atomic E-state index is 5.70. The maximum atomic E-state index is 5.70. The van der Waals surface area contributed by atoms with Crippen molar-refractivity contribution in [3.05, 3.63) is 23.0 Å². The zero-order chi connectivity index (χ0) is 23.4. The van der Waals surface area contributed by atoms with Crippen molar-refractivity contribution < 1.29 is 9.47 Å². The minimum absolute atomic E-state index is 0.584. The Morgan fingerprint density at radius 3 is 1.27 bits per heavy atom. The topological polar surface area (TPSA) is 18.5 Å². The molecule has 0 aliphatic carbocycles. The molecule has 0 N–H and O–H groups in total. The van der Waals surface area contributed by atoms with Crippen molar-refractivity contribution in [2.24, 2.45) is 0 Å². The van der Waals surface area contributed by atoms with E-state index in [1.165, 1.54) is 138 Å². The van der Waals surface area contributed by atoms with Gasteiger partial charge in [-0.15, -0.1) is 11.8 Å². The van der Waals surface area contributed by atoms with Crippen LogP contribution in [0.1, 0.15) is 141 Å². The second-order valence-corrected chi connectivity index (χ2v) is 11.8. The molecule has 0 radical (unpaired) electrons. The lowest BCUT2D eigenvalue weighted by atomic mass is 10.0. The van der Waals surface area contributed by atoms with Crippen LogP contribution in [-0.2, 0) is 9.47 Å². The monoisotopic (exact) mass is 478 g/mol. The van der Waals surface area contributed by atoms with Crippen LogP contribution in [0.25, 0.3) is 0 Å². The normalized spacial score (nSPS) is 20.5. The average molecular weight is 479 g/mol. The van der Waals surface area contributed by atoms with E-state index in [9.17, 15) is 0 Å². The fraction of sp³-hybridized carbons (Fsp3) is 0.867. The molecular weight excluding hydrogens is 424 g/mol. The van der Waals surface area contributed by atoms with Crippen molar-refractivity contribution in [1.82, 2.24) is 0 Å². The molecule has 2 saturated heterocycles. The Morgan fingerprint density at radius 2 is 0.909 bits per heavy atom. The lowest BCUT2D eigenvalue weighted by Crippen LogP contribution is -2.03. The Morgan fingerprint density at radius 1 is 0.545 bits per heavy atom. The van der Waals surface area contributed by atoms with E-state index in [-0.39, 0.29) is 0 Å². The molecule has 0 aromatic carbocycles. The third-order valence-electron chi connectivity index (χ3n) is 7.30. The minimum Gasteiger partial charge on any atom is -0.378 e. The predicted octanol–water partition coefficient (Wildman–Crippen LogP) is 10.1. The SMILES string of the molecule is C=C(CCCCCCCCCC1CCCO1)SC(=C)CCCCCCCCCC1CCCO1. The van der Waals surface area contributed by atoms with Gasteiger partial charge < -0.3 is 9.47 Å². The predicted molar refractivity (Wildman–Crippen MR) is 147 cm³/mol. The third kappa shape index (κ3) is 16.1. The van der Waals surface area contributed by atoms with Gasteiger partial charge in [0.1, 0.15) is 0 Å². The van der Waals surface area contributed by atoms with Gasteiger partial charge in [0.05, 0.1) is 12.2 Å². The number of unbranched alkanes of at least 4 members (excludes halogenated alkanes) is 12. The van der Waals surface area contributed by atoms with Crippen LogP contribution in [-0.4, -0.2) is 25.4 Å². The van der Waals surface area contributed by atoms with Crippen LogP contribution < -0.4 is 0 Å². The van der Waals surface area contributed by atoms with Crippen LogP contribution in [0.15, 0.2) is 23.0 Å². The largest absolute Gasteiger partial charge is 0.378 e. The first kappa shape index (κ1) is 29.0. The first-order valence-electron chi connectivity index (χ1n) is 14.5. The molecule has 2 atom stereocenters. The van der Waals surface area contributed by atoms with Crippen LogP contribution in [0, 0.1) is 0 Å². The highest BCUT2D eigenvalue weighted by atomic mass is 32.2. The highest BCUT2D eigenvalue weighted by molar-refractivity contribution is 8.06. The Kier molecular flexibility index (Phi) is 17.6. The van der Waals surface area contributed by atoms with Crippen LogP contribution in [0.5, 0.6) is 0 Å². The van der Waals surface area contributed by atoms with Gasteiger partial charge >= 0.3 is 0 Å². The summed E-state index contributed by atoms with van der Waals surface area (Å²) in [5.41, 5.74) is 0. The number of rotatable bonds is 22. The summed E-state index contributed by atoms with van der Waals surface area (Å²) >= 11 is 1.86. The molecule has 2 heterocycles. The zero-order valence-electron chi connectivity index (χ0n) is 21.8. The van der Waals surface area contributed by atoms with E-state index >= 15 is 0 Å². The number of thioether (sulfide) groups is 1. The van der Waals surface area contributed by atoms with Gasteiger partial charge in [-0.2, -0.15) is 0 Å². The van der Waals surface area contributed by atoms with Gasteiger partial charge in [-0.3, -0.25) is 0 Å². The van der Waals surface area contributed by atoms with Gasteiger partial charge in [0.2, 0.25) is 0 Å². The quantitative estimate of drug-likeness (QED) is 0.144. The molecule has 0 saturated carbocycles. The molecule has 3 heteroatoms. The summed E-state index contributed by atoms with van der Waals surface area (Å²) < 4.78 is 11.4. The molecule has 2 aliphatic heterocycles. The first-order valence-corrected chi connectivity index (χ1v) is 15.3. The Labute approximate surface area is 210 Å². The van der Waals surface area contributed by atoms with Crippen molar-refractivity contribution >= 4 is 11.8 Å². The molecule has 192 valence electrons. The molecule has 2 fully saturated rings. The van der Waals surface area contributed by atoms with E-state index in [2.05, 4.69) is 13.2 Å². The zero-order valence-corrected chi connectivity index (χ0v) is 22.6. The Hall–Kier alpha value is -0.250. The summed E-state index contributed by atoms with van der Waals surface area (Å²) in [5.74, 6) is 0. The molecule has 0 spiro atoms. The number of ether oxygens (including phenoxy) is 2. The van der Waals surface area contributed by atoms with Crippen molar-refractivity contribution in [3.8, 4) is 0 Å². The van der Waals surface area contributed by atoms with E-state index in [4.69, 9.17) is 9.47 Å². The summed E-state index contributed by atoms with van der Waals surface area (Å²) in [4.78, 5) is 2.64. The van der Waals surface area contributed by atoms with Gasteiger partial charge in [-0.05, 0) is 74.0 Å². The highest BCUT2D eigenvalue weighted by Gasteiger charge is 2.15. The molecule has 2 nitrogen and oxygen atoms in total. The van der Waals surface area contributed by atoms with Crippen molar-refractivity contribution in [1.29, 1.82) is 0 Å². The second kappa shape index (κ2) is 20.0. The van der Waals surface area contributed by atoms with Crippen molar-refractivity contribution in [2.75, 3.05) is 13.2 Å². The van der Waals surface area contributed by atoms with Crippen molar-refractivity contribution in [3.63, 3.8) is 0 Å². The molecular formula is C30H54O2S. The Balaban J connectivity index is 1.26. The van der Waals surface area contributed by atoms with Crippen LogP contribution in [0.3, 0.4) is 0 Å². The van der Waals surface area contributed by atoms with Gasteiger partial charge in [0.15, 0.2) is 0 Å². The molecule has 0 aromatic rings. The lowest BCUT2D eigenvalue weighted by Gasteiger charge is -2.09. The summed E-state index contributed by atoms with van der Waals surface area (Å²) in [5, 5.41) is 0. The van der Waals surface area contributed by atoms with E-state index < -0.39 is 0 Å². The molecule has 2 unspecified atom stereocenters. The first-order chi connectivity index (χ1) is 16.2. The van der Waals surface area contributed by atoms with Gasteiger partial charge in [0.25, 0.3) is 0 Å². The molecule has 0 bridgehead atoms. The number of hydrogen-bond donors (Lipinski definition) is 0. The molecule has 0 aromatic heterocycles. The smallest absolute Gasteiger partial charge is 0.0576 e. The number of hydrogen-bond acceptors (Lipinski definition) is 3. The minimum atomic E-state index is 0.584. The van der Waals surface area contributed by atoms with Gasteiger partial charge in [-0.25, -0.2) is 0 Å². The van der Waals surface area contributed by atoms with Gasteiger partial charge in [-0.1, -0.05) is 90.2 Å². The maximum Gasteiger partial charge on any atom is 0.0576 e. The molecule has 2 rings (SSSR count). The fourth-order valence-electron chi connectivity index (χ4n) is 5.21. The standard InChI is InChI=1S/C30H54O2S/c1-27(19-13-9-5-3-7-11-15-21-29-23-17-25-31-29)33-28(2)20-14-10-6-4-8-12-16-22-30-24-18-26-32-30/h29-30H,1-26H2. The van der Waals surface area contributed by atoms with Crippen LogP contribution in [0.4, 0.5) is 0 Å². The summed E-state index contributed by atoms with van der Waals surface area (Å²) in [6.07, 6.45) is 30.3. The third-order valence-corrected chi connectivity index (χ3v) is 8.29. The lowest BCUT2D eigenvalue weighted by molar-refractivity contribution is 0.102. The summed E-state index contributed by atoms with van der Waals surface area (Å²) in [7, 11) is 0. The molecule has 0 amide bonds. The van der Waals surface area contributed by atoms with Crippen LogP contribution >= 0.6 is 11.8 Å². The summed E-state index contributed by atoms with van der Waals surface area (Å²) in [6, 6.07) is 0. The molecule has 2 aliphatic rings.